The van der Waals surface area contributed by atoms with E-state index in [1.807, 2.05) is 0 Å². The molecule has 0 atom stereocenters. The van der Waals surface area contributed by atoms with Crippen LogP contribution in [-0.2, 0) is 0 Å². The molecule has 0 aromatic heterocycles. The van der Waals surface area contributed by atoms with Gasteiger partial charge in [0, 0.05) is 35.6 Å². The topological polar surface area (TPSA) is 24.1 Å². The maximum Gasteiger partial charge on any atom is 0.0427 e. The zero-order chi connectivity index (χ0) is 24.5. The lowest BCUT2D eigenvalue weighted by molar-refractivity contribution is 0.978. The molecule has 0 heterocycles. The molecular formula is C34H32N2. The fourth-order valence-electron chi connectivity index (χ4n) is 5.38. The monoisotopic (exact) mass is 468 g/mol. The molecule has 36 heavy (non-hydrogen) atoms. The molecule has 0 bridgehead atoms. The van der Waals surface area contributed by atoms with E-state index in [4.69, 9.17) is 0 Å². The van der Waals surface area contributed by atoms with Gasteiger partial charge in [-0.2, -0.15) is 0 Å². The molecule has 0 radical (unpaired) electrons. The van der Waals surface area contributed by atoms with Crippen LogP contribution in [0, 0.1) is 0 Å². The van der Waals surface area contributed by atoms with Crippen molar-refractivity contribution < 1.29 is 0 Å². The van der Waals surface area contributed by atoms with Gasteiger partial charge in [0.2, 0.25) is 0 Å². The second-order valence-corrected chi connectivity index (χ2v) is 9.67. The Bertz CT molecular complexity index is 1590. The van der Waals surface area contributed by atoms with E-state index in [0.717, 1.165) is 25.9 Å². The van der Waals surface area contributed by atoms with Crippen molar-refractivity contribution in [2.75, 3.05) is 23.7 Å². The summed E-state index contributed by atoms with van der Waals surface area (Å²) in [6.45, 7) is 6.33. The normalized spacial score (nSPS) is 11.5. The van der Waals surface area contributed by atoms with E-state index < -0.39 is 0 Å². The van der Waals surface area contributed by atoms with E-state index in [0.29, 0.717) is 0 Å². The third-order valence-electron chi connectivity index (χ3n) is 7.15. The molecule has 0 saturated carbocycles. The van der Waals surface area contributed by atoms with Crippen LogP contribution in [0.1, 0.15) is 26.7 Å². The second kappa shape index (κ2) is 9.54. The van der Waals surface area contributed by atoms with Gasteiger partial charge in [-0.25, -0.2) is 0 Å². The van der Waals surface area contributed by atoms with Gasteiger partial charge in [-0.05, 0) is 92.3 Å². The van der Waals surface area contributed by atoms with Gasteiger partial charge in [-0.1, -0.05) is 74.5 Å². The average molecular weight is 469 g/mol. The minimum absolute atomic E-state index is 0.942. The number of fused-ring (bicyclic) bond motifs is 4. The van der Waals surface area contributed by atoms with Crippen molar-refractivity contribution >= 4 is 54.5 Å². The molecule has 178 valence electrons. The lowest BCUT2D eigenvalue weighted by Gasteiger charge is -2.21. The van der Waals surface area contributed by atoms with Crippen LogP contribution in [0.3, 0.4) is 0 Å². The molecule has 0 unspecified atom stereocenters. The molecule has 6 aromatic rings. The van der Waals surface area contributed by atoms with Crippen molar-refractivity contribution in [3.63, 3.8) is 0 Å². The standard InChI is InChI=1S/C34H32N2/c1-3-17-35-31-15-13-27-19-23-9-5-7-11-25(23)21-29(27)33(31)34-30-22-26-12-8-6-10-24(26)20-28(30)14-16-32(34)36-18-4-2/h5-16,19-22,35-36H,3-4,17-18H2,1-2H3. The summed E-state index contributed by atoms with van der Waals surface area (Å²) in [4.78, 5) is 0. The minimum Gasteiger partial charge on any atom is -0.385 e. The Morgan fingerprint density at radius 1 is 0.444 bits per heavy atom. The van der Waals surface area contributed by atoms with Crippen LogP contribution >= 0.6 is 0 Å². The number of nitrogens with one attached hydrogen (secondary N) is 2. The quantitative estimate of drug-likeness (QED) is 0.228. The molecule has 0 amide bonds. The van der Waals surface area contributed by atoms with Crippen molar-refractivity contribution in [3.8, 4) is 11.1 Å². The summed E-state index contributed by atoms with van der Waals surface area (Å²) in [6, 6.07) is 35.8. The number of hydrogen-bond donors (Lipinski definition) is 2. The number of benzene rings is 6. The molecule has 2 N–H and O–H groups in total. The van der Waals surface area contributed by atoms with Crippen LogP contribution in [0.2, 0.25) is 0 Å². The Balaban J connectivity index is 1.75. The van der Waals surface area contributed by atoms with Gasteiger partial charge in [-0.3, -0.25) is 0 Å². The summed E-state index contributed by atoms with van der Waals surface area (Å²) in [7, 11) is 0. The average Bonchev–Trinajstić information content (AvgIpc) is 2.92. The first-order valence-electron chi connectivity index (χ1n) is 13.2. The fourth-order valence-corrected chi connectivity index (χ4v) is 5.38. The van der Waals surface area contributed by atoms with Crippen LogP contribution in [0.5, 0.6) is 0 Å². The maximum atomic E-state index is 3.76. The number of hydrogen-bond acceptors (Lipinski definition) is 2. The molecule has 6 aromatic carbocycles. The Morgan fingerprint density at radius 3 is 1.22 bits per heavy atom. The predicted molar refractivity (Wildman–Crippen MR) is 159 cm³/mol. The molecule has 6 rings (SSSR count). The Hall–Kier alpha value is -4.04. The van der Waals surface area contributed by atoms with E-state index in [1.54, 1.807) is 0 Å². The van der Waals surface area contributed by atoms with Crippen molar-refractivity contribution in [2.45, 2.75) is 26.7 Å². The lowest BCUT2D eigenvalue weighted by Crippen LogP contribution is -2.05. The first-order chi connectivity index (χ1) is 17.8. The second-order valence-electron chi connectivity index (χ2n) is 9.67. The van der Waals surface area contributed by atoms with E-state index in [9.17, 15) is 0 Å². The first kappa shape index (κ1) is 22.4. The molecule has 0 spiro atoms. The minimum atomic E-state index is 0.942. The molecule has 2 nitrogen and oxygen atoms in total. The van der Waals surface area contributed by atoms with Gasteiger partial charge in [0.1, 0.15) is 0 Å². The van der Waals surface area contributed by atoms with Crippen molar-refractivity contribution in [3.05, 3.63) is 97.1 Å². The van der Waals surface area contributed by atoms with E-state index in [2.05, 4.69) is 122 Å². The van der Waals surface area contributed by atoms with Crippen molar-refractivity contribution in [2.24, 2.45) is 0 Å². The maximum absolute atomic E-state index is 3.76. The van der Waals surface area contributed by atoms with Gasteiger partial charge in [0.05, 0.1) is 0 Å². The zero-order valence-corrected chi connectivity index (χ0v) is 21.1. The molecule has 0 fully saturated rings. The largest absolute Gasteiger partial charge is 0.385 e. The molecule has 0 saturated heterocycles. The first-order valence-corrected chi connectivity index (χ1v) is 13.2. The summed E-state index contributed by atoms with van der Waals surface area (Å²) in [5, 5.41) is 17.7. The summed E-state index contributed by atoms with van der Waals surface area (Å²) in [6.07, 6.45) is 2.16. The highest BCUT2D eigenvalue weighted by Gasteiger charge is 2.18. The number of anilines is 2. The van der Waals surface area contributed by atoms with Crippen molar-refractivity contribution in [1.29, 1.82) is 0 Å². The third kappa shape index (κ3) is 3.93. The molecular weight excluding hydrogens is 436 g/mol. The smallest absolute Gasteiger partial charge is 0.0427 e. The van der Waals surface area contributed by atoms with Crippen LogP contribution in [0.25, 0.3) is 54.2 Å². The van der Waals surface area contributed by atoms with Gasteiger partial charge < -0.3 is 10.6 Å². The predicted octanol–water partition coefficient (Wildman–Crippen LogP) is 9.61. The van der Waals surface area contributed by atoms with Gasteiger partial charge in [-0.15, -0.1) is 0 Å². The molecule has 0 aliphatic heterocycles. The SMILES string of the molecule is CCCNc1ccc2cc3ccccc3cc2c1-c1c(NCCC)ccc2cc3ccccc3cc12. The Kier molecular flexibility index (Phi) is 5.95. The van der Waals surface area contributed by atoms with Gasteiger partial charge in [0.25, 0.3) is 0 Å². The van der Waals surface area contributed by atoms with Crippen LogP contribution < -0.4 is 10.6 Å². The van der Waals surface area contributed by atoms with E-state index >= 15 is 0 Å². The highest BCUT2D eigenvalue weighted by atomic mass is 14.9. The van der Waals surface area contributed by atoms with Crippen molar-refractivity contribution in [1.82, 2.24) is 0 Å². The highest BCUT2D eigenvalue weighted by molar-refractivity contribution is 6.17. The molecule has 2 heteroatoms. The summed E-state index contributed by atoms with van der Waals surface area (Å²) >= 11 is 0. The van der Waals surface area contributed by atoms with Gasteiger partial charge in [0.15, 0.2) is 0 Å². The Labute approximate surface area is 213 Å². The third-order valence-corrected chi connectivity index (χ3v) is 7.15. The zero-order valence-electron chi connectivity index (χ0n) is 21.1. The van der Waals surface area contributed by atoms with Crippen LogP contribution in [0.4, 0.5) is 11.4 Å². The fraction of sp³-hybridized carbons (Fsp3) is 0.176. The molecule has 0 aliphatic rings. The van der Waals surface area contributed by atoms with Crippen LogP contribution in [-0.4, -0.2) is 13.1 Å². The number of rotatable bonds is 7. The Morgan fingerprint density at radius 2 is 0.833 bits per heavy atom. The summed E-state index contributed by atoms with van der Waals surface area (Å²) < 4.78 is 0. The highest BCUT2D eigenvalue weighted by Crippen LogP contribution is 2.45. The molecule has 0 aliphatic carbocycles. The summed E-state index contributed by atoms with van der Waals surface area (Å²) in [5.41, 5.74) is 4.96. The van der Waals surface area contributed by atoms with E-state index in [-0.39, 0.29) is 0 Å². The van der Waals surface area contributed by atoms with Gasteiger partial charge >= 0.3 is 0 Å². The van der Waals surface area contributed by atoms with Crippen LogP contribution in [0.15, 0.2) is 97.1 Å². The lowest BCUT2D eigenvalue weighted by atomic mass is 9.89. The summed E-state index contributed by atoms with van der Waals surface area (Å²) in [5.74, 6) is 0. The van der Waals surface area contributed by atoms with E-state index in [1.165, 1.54) is 65.6 Å².